The molecule has 4 nitrogen and oxygen atoms in total. The summed E-state index contributed by atoms with van der Waals surface area (Å²) in [5, 5.41) is 3.24. The summed E-state index contributed by atoms with van der Waals surface area (Å²) in [7, 11) is 0. The van der Waals surface area contributed by atoms with Gasteiger partial charge in [0.15, 0.2) is 0 Å². The van der Waals surface area contributed by atoms with Crippen LogP contribution >= 0.6 is 11.3 Å². The van der Waals surface area contributed by atoms with E-state index in [-0.39, 0.29) is 5.69 Å². The number of hydrogen-bond acceptors (Lipinski definition) is 5. The molecule has 1 aromatic carbocycles. The molecule has 8 heteroatoms. The number of alkyl halides is 3. The van der Waals surface area contributed by atoms with Crippen molar-refractivity contribution in [3.63, 3.8) is 0 Å². The fourth-order valence-electron chi connectivity index (χ4n) is 3.56. The van der Waals surface area contributed by atoms with Gasteiger partial charge >= 0.3 is 6.18 Å². The average molecular weight is 418 g/mol. The number of nitrogen functional groups attached to an aromatic ring is 1. The number of allylic oxidation sites excluding steroid dienone is 2. The molecule has 0 spiro atoms. The van der Waals surface area contributed by atoms with E-state index in [1.165, 1.54) is 29.6 Å². The number of aromatic nitrogens is 2. The number of hydrogen-bond donors (Lipinski definition) is 2. The Morgan fingerprint density at radius 3 is 2.69 bits per heavy atom. The SMILES string of the molecule is C[C@@H](Nc1ncnc2cc(C3=CCCCC3)sc12)c1cc(N)cc(C(F)(F)F)c1. The minimum Gasteiger partial charge on any atom is -0.399 e. The van der Waals surface area contributed by atoms with Crippen molar-refractivity contribution >= 4 is 38.6 Å². The molecule has 0 radical (unpaired) electrons. The summed E-state index contributed by atoms with van der Waals surface area (Å²) in [6, 6.07) is 5.29. The highest BCUT2D eigenvalue weighted by atomic mass is 32.1. The van der Waals surface area contributed by atoms with Gasteiger partial charge in [-0.2, -0.15) is 13.2 Å². The highest BCUT2D eigenvalue weighted by molar-refractivity contribution is 7.20. The van der Waals surface area contributed by atoms with Crippen molar-refractivity contribution < 1.29 is 13.2 Å². The number of nitrogens with one attached hydrogen (secondary N) is 1. The molecule has 0 unspecified atom stereocenters. The van der Waals surface area contributed by atoms with Gasteiger partial charge in [0.25, 0.3) is 0 Å². The molecule has 0 saturated carbocycles. The summed E-state index contributed by atoms with van der Waals surface area (Å²) in [6.45, 7) is 1.79. The highest BCUT2D eigenvalue weighted by Gasteiger charge is 2.31. The predicted octanol–water partition coefficient (Wildman–Crippen LogP) is 6.42. The van der Waals surface area contributed by atoms with Crippen molar-refractivity contribution in [1.29, 1.82) is 0 Å². The van der Waals surface area contributed by atoms with Crippen LogP contribution in [-0.2, 0) is 6.18 Å². The molecular formula is C21H21F3N4S. The fourth-order valence-corrected chi connectivity index (χ4v) is 4.69. The van der Waals surface area contributed by atoms with Gasteiger partial charge in [-0.1, -0.05) is 6.08 Å². The minimum atomic E-state index is -4.44. The number of thiophene rings is 1. The molecule has 2 heterocycles. The van der Waals surface area contributed by atoms with E-state index in [1.54, 1.807) is 24.3 Å². The van der Waals surface area contributed by atoms with Crippen molar-refractivity contribution in [3.05, 3.63) is 52.7 Å². The summed E-state index contributed by atoms with van der Waals surface area (Å²) in [4.78, 5) is 9.88. The van der Waals surface area contributed by atoms with E-state index in [2.05, 4.69) is 27.4 Å². The van der Waals surface area contributed by atoms with Crippen molar-refractivity contribution in [2.24, 2.45) is 0 Å². The van der Waals surface area contributed by atoms with Gasteiger partial charge in [-0.15, -0.1) is 11.3 Å². The van der Waals surface area contributed by atoms with Crippen LogP contribution in [0.4, 0.5) is 24.7 Å². The lowest BCUT2D eigenvalue weighted by atomic mass is 9.98. The molecule has 0 saturated heterocycles. The lowest BCUT2D eigenvalue weighted by Crippen LogP contribution is -2.12. The number of nitrogens with two attached hydrogens (primary N) is 1. The molecule has 0 aliphatic heterocycles. The third-order valence-electron chi connectivity index (χ3n) is 5.08. The second kappa shape index (κ2) is 7.67. The van der Waals surface area contributed by atoms with E-state index in [0.717, 1.165) is 35.2 Å². The molecule has 3 N–H and O–H groups in total. The number of rotatable bonds is 4. The largest absolute Gasteiger partial charge is 0.416 e. The molecule has 4 rings (SSSR count). The zero-order valence-electron chi connectivity index (χ0n) is 15.9. The van der Waals surface area contributed by atoms with Gasteiger partial charge in [0.2, 0.25) is 0 Å². The molecule has 0 fully saturated rings. The Kier molecular flexibility index (Phi) is 5.21. The number of halogens is 3. The number of anilines is 2. The van der Waals surface area contributed by atoms with Gasteiger partial charge in [-0.25, -0.2) is 9.97 Å². The second-order valence-electron chi connectivity index (χ2n) is 7.27. The normalized spacial score (nSPS) is 15.9. The maximum Gasteiger partial charge on any atom is 0.416 e. The standard InChI is InChI=1S/C21H21F3N4S/c1-12(14-7-15(21(22,23)24)9-16(25)8-14)28-20-19-17(26-11-27-20)10-18(29-19)13-5-3-2-4-6-13/h5,7-12H,2-4,6,25H2,1H3,(H,26,27,28)/t12-/m1/s1. The highest BCUT2D eigenvalue weighted by Crippen LogP contribution is 2.38. The van der Waals surface area contributed by atoms with Crippen LogP contribution in [0.15, 0.2) is 36.7 Å². The van der Waals surface area contributed by atoms with Crippen LogP contribution in [-0.4, -0.2) is 9.97 Å². The molecule has 1 atom stereocenters. The summed E-state index contributed by atoms with van der Waals surface area (Å²) >= 11 is 1.62. The second-order valence-corrected chi connectivity index (χ2v) is 8.33. The first-order valence-corrected chi connectivity index (χ1v) is 10.3. The van der Waals surface area contributed by atoms with Crippen LogP contribution in [0, 0.1) is 0 Å². The Labute approximate surface area is 170 Å². The lowest BCUT2D eigenvalue weighted by Gasteiger charge is -2.18. The lowest BCUT2D eigenvalue weighted by molar-refractivity contribution is -0.137. The Morgan fingerprint density at radius 1 is 1.14 bits per heavy atom. The van der Waals surface area contributed by atoms with E-state index in [0.29, 0.717) is 11.4 Å². The van der Waals surface area contributed by atoms with Crippen LogP contribution in [0.2, 0.25) is 0 Å². The summed E-state index contributed by atoms with van der Waals surface area (Å²) in [6.07, 6.45) is 3.87. The van der Waals surface area contributed by atoms with Crippen molar-refractivity contribution in [3.8, 4) is 0 Å². The van der Waals surface area contributed by atoms with E-state index in [4.69, 9.17) is 5.73 Å². The number of benzene rings is 1. The van der Waals surface area contributed by atoms with Crippen molar-refractivity contribution in [2.75, 3.05) is 11.1 Å². The Balaban J connectivity index is 1.65. The summed E-state index contributed by atoms with van der Waals surface area (Å²) in [5.41, 5.74) is 7.66. The van der Waals surface area contributed by atoms with Crippen molar-refractivity contribution in [1.82, 2.24) is 9.97 Å². The first-order valence-electron chi connectivity index (χ1n) is 9.49. The van der Waals surface area contributed by atoms with Gasteiger partial charge in [-0.3, -0.25) is 0 Å². The van der Waals surface area contributed by atoms with Gasteiger partial charge in [0.1, 0.15) is 12.1 Å². The van der Waals surface area contributed by atoms with Gasteiger partial charge in [-0.05, 0) is 68.0 Å². The van der Waals surface area contributed by atoms with Crippen LogP contribution in [0.25, 0.3) is 15.8 Å². The van der Waals surface area contributed by atoms with Crippen LogP contribution in [0.1, 0.15) is 54.7 Å². The van der Waals surface area contributed by atoms with E-state index < -0.39 is 17.8 Å². The van der Waals surface area contributed by atoms with E-state index >= 15 is 0 Å². The molecule has 0 bridgehead atoms. The maximum absolute atomic E-state index is 13.1. The maximum atomic E-state index is 13.1. The predicted molar refractivity (Wildman–Crippen MR) is 112 cm³/mol. The van der Waals surface area contributed by atoms with E-state index in [9.17, 15) is 13.2 Å². The molecule has 2 aromatic heterocycles. The number of fused-ring (bicyclic) bond motifs is 1. The molecule has 0 amide bonds. The average Bonchev–Trinajstić information content (AvgIpc) is 3.13. The smallest absolute Gasteiger partial charge is 0.399 e. The molecule has 29 heavy (non-hydrogen) atoms. The van der Waals surface area contributed by atoms with E-state index in [1.807, 2.05) is 0 Å². The molecule has 152 valence electrons. The Morgan fingerprint density at radius 2 is 1.97 bits per heavy atom. The van der Waals surface area contributed by atoms with Gasteiger partial charge in [0, 0.05) is 10.6 Å². The first kappa shape index (κ1) is 19.7. The monoisotopic (exact) mass is 418 g/mol. The third-order valence-corrected chi connectivity index (χ3v) is 6.28. The first-order chi connectivity index (χ1) is 13.8. The van der Waals surface area contributed by atoms with Gasteiger partial charge in [0.05, 0.1) is 21.8 Å². The fraction of sp³-hybridized carbons (Fsp3) is 0.333. The Hall–Kier alpha value is -2.61. The van der Waals surface area contributed by atoms with Gasteiger partial charge < -0.3 is 11.1 Å². The zero-order chi connectivity index (χ0) is 20.6. The van der Waals surface area contributed by atoms with Crippen molar-refractivity contribution in [2.45, 2.75) is 44.8 Å². The minimum absolute atomic E-state index is 0.0824. The quantitative estimate of drug-likeness (QED) is 0.480. The topological polar surface area (TPSA) is 63.8 Å². The molecule has 1 aliphatic rings. The van der Waals surface area contributed by atoms with Crippen LogP contribution in [0.3, 0.4) is 0 Å². The number of nitrogens with zero attached hydrogens (tertiary/aromatic N) is 2. The summed E-state index contributed by atoms with van der Waals surface area (Å²) in [5.74, 6) is 0.617. The molecular weight excluding hydrogens is 397 g/mol. The van der Waals surface area contributed by atoms with Crippen LogP contribution < -0.4 is 11.1 Å². The summed E-state index contributed by atoms with van der Waals surface area (Å²) < 4.78 is 40.3. The molecule has 3 aromatic rings. The molecule has 1 aliphatic carbocycles. The zero-order valence-corrected chi connectivity index (χ0v) is 16.7. The van der Waals surface area contributed by atoms with Crippen LogP contribution in [0.5, 0.6) is 0 Å². The third kappa shape index (κ3) is 4.22. The Bertz CT molecular complexity index is 1070.